The number of carbonyl (C=O) groups is 6. The van der Waals surface area contributed by atoms with Crippen LogP contribution >= 0.6 is 0 Å². The van der Waals surface area contributed by atoms with Crippen LogP contribution in [0.5, 0.6) is 0 Å². The zero-order valence-corrected chi connectivity index (χ0v) is 24.8. The zero-order valence-electron chi connectivity index (χ0n) is 24.8. The fraction of sp³-hybridized carbons (Fsp3) is 0.793. The molecule has 0 aromatic rings. The van der Waals surface area contributed by atoms with E-state index in [0.717, 1.165) is 51.4 Å². The molecule has 230 valence electrons. The van der Waals surface area contributed by atoms with Crippen LogP contribution in [0.3, 0.4) is 0 Å². The minimum atomic E-state index is -1.10. The molecule has 0 spiro atoms. The Hall–Kier alpha value is -3.18. The number of ether oxygens (including phenoxy) is 1. The van der Waals surface area contributed by atoms with Gasteiger partial charge in [-0.1, -0.05) is 45.4 Å². The molecule has 4 atom stereocenters. The number of carbonyl (C=O) groups excluding carboxylic acids is 6. The highest BCUT2D eigenvalue weighted by atomic mass is 16.6. The number of nitrogens with zero attached hydrogens (tertiary/aromatic N) is 1. The highest BCUT2D eigenvalue weighted by Gasteiger charge is 2.44. The lowest BCUT2D eigenvalue weighted by Crippen LogP contribution is -2.59. The van der Waals surface area contributed by atoms with Gasteiger partial charge in [-0.05, 0) is 64.2 Å². The van der Waals surface area contributed by atoms with Crippen molar-refractivity contribution in [3.63, 3.8) is 0 Å². The van der Waals surface area contributed by atoms with Gasteiger partial charge in [-0.15, -0.1) is 0 Å². The Labute approximate surface area is 242 Å². The smallest absolute Gasteiger partial charge is 0.325 e. The van der Waals surface area contributed by atoms with Crippen molar-refractivity contribution in [2.24, 2.45) is 23.5 Å². The first-order valence-corrected chi connectivity index (χ1v) is 15.0. The summed E-state index contributed by atoms with van der Waals surface area (Å²) in [5, 5.41) is 7.98. The van der Waals surface area contributed by atoms with Gasteiger partial charge in [0, 0.05) is 6.54 Å². The van der Waals surface area contributed by atoms with Gasteiger partial charge < -0.3 is 31.3 Å². The third-order valence-electron chi connectivity index (χ3n) is 8.25. The average molecular weight is 578 g/mol. The Morgan fingerprint density at radius 2 is 1.61 bits per heavy atom. The number of esters is 1. The van der Waals surface area contributed by atoms with Crippen molar-refractivity contribution >= 4 is 35.5 Å². The summed E-state index contributed by atoms with van der Waals surface area (Å²) in [6.07, 6.45) is 8.02. The molecule has 1 aliphatic heterocycles. The standard InChI is InChI=1S/C29H47N5O7/c1-17-13-21(26(38)32-20(24(36)25(30)37)14-18-9-8-10-18)34(16-17)27(39)23(19-11-6-5-7-12-19)33-28(40)31-15-22(35)41-29(2,3)4/h17-21,23H,5-16H2,1-4H3,(H2,30,37)(H,32,38)(H2,31,33,40). The fourth-order valence-corrected chi connectivity index (χ4v) is 6.02. The molecule has 1 saturated heterocycles. The number of nitrogens with one attached hydrogen (secondary N) is 3. The minimum Gasteiger partial charge on any atom is -0.459 e. The molecule has 5 N–H and O–H groups in total. The molecule has 3 fully saturated rings. The molecule has 12 heteroatoms. The quantitative estimate of drug-likeness (QED) is 0.213. The summed E-state index contributed by atoms with van der Waals surface area (Å²) < 4.78 is 5.23. The summed E-state index contributed by atoms with van der Waals surface area (Å²) in [7, 11) is 0. The van der Waals surface area contributed by atoms with Crippen LogP contribution in [-0.2, 0) is 28.7 Å². The SMILES string of the molecule is CC1CC(C(=O)NC(CC2CCC2)C(=O)C(N)=O)N(C(=O)C(NC(=O)NCC(=O)OC(C)(C)C)C2CCCCC2)C1. The average Bonchev–Trinajstić information content (AvgIpc) is 3.27. The third kappa shape index (κ3) is 9.43. The van der Waals surface area contributed by atoms with Crippen LogP contribution in [-0.4, -0.2) is 77.2 Å². The molecule has 0 aromatic heterocycles. The number of hydrogen-bond acceptors (Lipinski definition) is 7. The van der Waals surface area contributed by atoms with Crippen molar-refractivity contribution in [3.8, 4) is 0 Å². The predicted octanol–water partition coefficient (Wildman–Crippen LogP) is 1.54. The van der Waals surface area contributed by atoms with E-state index < -0.39 is 53.3 Å². The second-order valence-electron chi connectivity index (χ2n) is 13.0. The normalized spacial score (nSPS) is 23.1. The van der Waals surface area contributed by atoms with Crippen LogP contribution < -0.4 is 21.7 Å². The molecule has 0 bridgehead atoms. The Bertz CT molecular complexity index is 1000. The molecule has 2 aliphatic carbocycles. The molecule has 0 radical (unpaired) electrons. The highest BCUT2D eigenvalue weighted by Crippen LogP contribution is 2.32. The lowest BCUT2D eigenvalue weighted by atomic mass is 9.80. The topological polar surface area (TPSA) is 177 Å². The second kappa shape index (κ2) is 14.1. The van der Waals surface area contributed by atoms with Gasteiger partial charge in [-0.3, -0.25) is 24.0 Å². The van der Waals surface area contributed by atoms with Crippen LogP contribution in [0.4, 0.5) is 4.79 Å². The maximum Gasteiger partial charge on any atom is 0.325 e. The molecule has 3 rings (SSSR count). The molecule has 0 aromatic carbocycles. The first kappa shape index (κ1) is 32.3. The Morgan fingerprint density at radius 1 is 0.951 bits per heavy atom. The highest BCUT2D eigenvalue weighted by molar-refractivity contribution is 6.37. The number of amides is 5. The van der Waals surface area contributed by atoms with Gasteiger partial charge in [-0.2, -0.15) is 0 Å². The van der Waals surface area contributed by atoms with Gasteiger partial charge >= 0.3 is 12.0 Å². The molecule has 41 heavy (non-hydrogen) atoms. The van der Waals surface area contributed by atoms with Crippen LogP contribution in [0.15, 0.2) is 0 Å². The van der Waals surface area contributed by atoms with Gasteiger partial charge in [0.05, 0.1) is 6.04 Å². The van der Waals surface area contributed by atoms with Crippen LogP contribution in [0.25, 0.3) is 0 Å². The molecule has 2 saturated carbocycles. The van der Waals surface area contributed by atoms with E-state index in [1.165, 1.54) is 4.90 Å². The summed E-state index contributed by atoms with van der Waals surface area (Å²) >= 11 is 0. The molecule has 12 nitrogen and oxygen atoms in total. The van der Waals surface area contributed by atoms with Crippen LogP contribution in [0.1, 0.15) is 91.9 Å². The number of hydrogen-bond donors (Lipinski definition) is 4. The van der Waals surface area contributed by atoms with Crippen molar-refractivity contribution in [2.45, 2.75) is 116 Å². The fourth-order valence-electron chi connectivity index (χ4n) is 6.02. The van der Waals surface area contributed by atoms with E-state index in [-0.39, 0.29) is 30.2 Å². The Morgan fingerprint density at radius 3 is 2.17 bits per heavy atom. The number of ketones is 1. The van der Waals surface area contributed by atoms with Gasteiger partial charge in [0.2, 0.25) is 17.6 Å². The summed E-state index contributed by atoms with van der Waals surface area (Å²) in [6, 6.07) is -3.42. The minimum absolute atomic E-state index is 0.0135. The summed E-state index contributed by atoms with van der Waals surface area (Å²) in [5.74, 6) is -3.27. The van der Waals surface area contributed by atoms with E-state index in [9.17, 15) is 28.8 Å². The van der Waals surface area contributed by atoms with Gasteiger partial charge in [0.1, 0.15) is 24.2 Å². The monoisotopic (exact) mass is 577 g/mol. The van der Waals surface area contributed by atoms with E-state index in [1.54, 1.807) is 20.8 Å². The lowest BCUT2D eigenvalue weighted by molar-refractivity contribution is -0.153. The molecule has 1 heterocycles. The molecular weight excluding hydrogens is 530 g/mol. The maximum atomic E-state index is 14.0. The van der Waals surface area contributed by atoms with Crippen LogP contribution in [0.2, 0.25) is 0 Å². The predicted molar refractivity (Wildman–Crippen MR) is 150 cm³/mol. The molecular formula is C29H47N5O7. The van der Waals surface area contributed by atoms with Crippen molar-refractivity contribution in [2.75, 3.05) is 13.1 Å². The van der Waals surface area contributed by atoms with Crippen molar-refractivity contribution < 1.29 is 33.5 Å². The Balaban J connectivity index is 1.72. The number of Topliss-reactive ketones (excluding diaryl/α,β-unsaturated/α-hetero) is 1. The number of rotatable bonds is 11. The van der Waals surface area contributed by atoms with E-state index >= 15 is 0 Å². The number of likely N-dealkylation sites (tertiary alicyclic amines) is 1. The molecule has 4 unspecified atom stereocenters. The second-order valence-corrected chi connectivity index (χ2v) is 13.0. The Kier molecular flexibility index (Phi) is 11.1. The summed E-state index contributed by atoms with van der Waals surface area (Å²) in [6.45, 7) is 7.09. The van der Waals surface area contributed by atoms with E-state index in [1.807, 2.05) is 6.92 Å². The van der Waals surface area contributed by atoms with Crippen molar-refractivity contribution in [3.05, 3.63) is 0 Å². The molecule has 5 amide bonds. The molecule has 3 aliphatic rings. The zero-order chi connectivity index (χ0) is 30.3. The number of urea groups is 1. The number of nitrogens with two attached hydrogens (primary N) is 1. The van der Waals surface area contributed by atoms with Gasteiger partial charge in [0.15, 0.2) is 0 Å². The van der Waals surface area contributed by atoms with Gasteiger partial charge in [-0.25, -0.2) is 4.79 Å². The van der Waals surface area contributed by atoms with Gasteiger partial charge in [0.25, 0.3) is 5.91 Å². The number of primary amides is 1. The first-order valence-electron chi connectivity index (χ1n) is 15.0. The van der Waals surface area contributed by atoms with E-state index in [4.69, 9.17) is 10.5 Å². The van der Waals surface area contributed by atoms with E-state index in [0.29, 0.717) is 19.4 Å². The third-order valence-corrected chi connectivity index (χ3v) is 8.25. The first-order chi connectivity index (χ1) is 19.2. The lowest BCUT2D eigenvalue weighted by Gasteiger charge is -2.35. The summed E-state index contributed by atoms with van der Waals surface area (Å²) in [4.78, 5) is 78.1. The van der Waals surface area contributed by atoms with Crippen LogP contribution in [0, 0.1) is 17.8 Å². The maximum absolute atomic E-state index is 14.0. The van der Waals surface area contributed by atoms with Crippen molar-refractivity contribution in [1.82, 2.24) is 20.9 Å². The summed E-state index contributed by atoms with van der Waals surface area (Å²) in [5.41, 5.74) is 4.56. The largest absolute Gasteiger partial charge is 0.459 e. The van der Waals surface area contributed by atoms with E-state index in [2.05, 4.69) is 16.0 Å². The van der Waals surface area contributed by atoms with Crippen molar-refractivity contribution in [1.29, 1.82) is 0 Å².